The normalized spacial score (nSPS) is 22.6. The molecule has 2 amide bonds. The standard InChI is InChI=1S/C21H19F2N3O6/c22-15-7-13(26-9-14(32-21(26)28)10-30-18-3-6-31-24-18)8-16(23)19(15)12-1-4-25(5-2-12)20(27)17-11-29-17/h1,3,6-8,14,17H,2,4-5,9-11H2/t14-,17-/m1/s1. The quantitative estimate of drug-likeness (QED) is 0.627. The second-order valence-electron chi connectivity index (χ2n) is 7.64. The van der Waals surface area contributed by atoms with E-state index in [0.717, 1.165) is 17.0 Å². The Bertz CT molecular complexity index is 1050. The highest BCUT2D eigenvalue weighted by Gasteiger charge is 2.36. The van der Waals surface area contributed by atoms with Crippen LogP contribution in [-0.4, -0.2) is 67.1 Å². The predicted molar refractivity (Wildman–Crippen MR) is 105 cm³/mol. The molecule has 2 aromatic rings. The van der Waals surface area contributed by atoms with E-state index in [0.29, 0.717) is 25.1 Å². The number of carbonyl (C=O) groups is 2. The van der Waals surface area contributed by atoms with Crippen LogP contribution in [0, 0.1) is 11.6 Å². The molecule has 3 aliphatic rings. The average molecular weight is 447 g/mol. The molecule has 5 rings (SSSR count). The molecule has 0 bridgehead atoms. The van der Waals surface area contributed by atoms with Crippen LogP contribution >= 0.6 is 0 Å². The molecule has 0 N–H and O–H groups in total. The van der Waals surface area contributed by atoms with Crippen molar-refractivity contribution in [3.8, 4) is 5.88 Å². The maximum Gasteiger partial charge on any atom is 0.414 e. The zero-order chi connectivity index (χ0) is 22.2. The fourth-order valence-corrected chi connectivity index (χ4v) is 3.79. The lowest BCUT2D eigenvalue weighted by molar-refractivity contribution is -0.132. The minimum atomic E-state index is -0.786. The molecule has 2 atom stereocenters. The topological polar surface area (TPSA) is 97.6 Å². The molecule has 9 nitrogen and oxygen atoms in total. The highest BCUT2D eigenvalue weighted by molar-refractivity contribution is 5.90. The number of amides is 2. The van der Waals surface area contributed by atoms with Gasteiger partial charge in [0, 0.05) is 24.7 Å². The minimum absolute atomic E-state index is 0.0197. The molecule has 4 heterocycles. The van der Waals surface area contributed by atoms with E-state index >= 15 is 0 Å². The third kappa shape index (κ3) is 4.03. The number of ether oxygens (including phenoxy) is 3. The third-order valence-electron chi connectivity index (χ3n) is 5.49. The first kappa shape index (κ1) is 20.4. The van der Waals surface area contributed by atoms with E-state index in [9.17, 15) is 18.4 Å². The van der Waals surface area contributed by atoms with Crippen LogP contribution in [0.25, 0.3) is 5.57 Å². The van der Waals surface area contributed by atoms with Crippen LogP contribution < -0.4 is 9.64 Å². The fraction of sp³-hybridized carbons (Fsp3) is 0.381. The number of anilines is 1. The molecule has 168 valence electrons. The number of epoxide rings is 1. The number of nitrogens with zero attached hydrogens (tertiary/aromatic N) is 3. The van der Waals surface area contributed by atoms with E-state index in [1.54, 1.807) is 11.0 Å². The van der Waals surface area contributed by atoms with Crippen LogP contribution in [0.2, 0.25) is 0 Å². The molecule has 32 heavy (non-hydrogen) atoms. The summed E-state index contributed by atoms with van der Waals surface area (Å²) in [6, 6.07) is 3.72. The largest absolute Gasteiger partial charge is 0.471 e. The zero-order valence-corrected chi connectivity index (χ0v) is 16.8. The van der Waals surface area contributed by atoms with E-state index in [1.165, 1.54) is 12.3 Å². The number of aromatic nitrogens is 1. The van der Waals surface area contributed by atoms with Gasteiger partial charge in [-0.25, -0.2) is 13.6 Å². The SMILES string of the molecule is O=C([C@H]1CO1)N1CC=C(c2c(F)cc(N3C[C@H](COc4ccon4)OC3=O)cc2F)CC1. The first-order valence-corrected chi connectivity index (χ1v) is 10.1. The summed E-state index contributed by atoms with van der Waals surface area (Å²) < 4.78 is 50.0. The van der Waals surface area contributed by atoms with Crippen LogP contribution in [0.1, 0.15) is 12.0 Å². The molecule has 3 aliphatic heterocycles. The Morgan fingerprint density at radius 3 is 2.69 bits per heavy atom. The van der Waals surface area contributed by atoms with Crippen LogP contribution in [-0.2, 0) is 14.3 Å². The van der Waals surface area contributed by atoms with Gasteiger partial charge in [-0.1, -0.05) is 6.08 Å². The lowest BCUT2D eigenvalue weighted by atomic mass is 9.97. The maximum absolute atomic E-state index is 14.9. The van der Waals surface area contributed by atoms with Gasteiger partial charge in [-0.05, 0) is 29.3 Å². The Labute approximate surface area is 181 Å². The van der Waals surface area contributed by atoms with Gasteiger partial charge >= 0.3 is 6.09 Å². The second kappa shape index (κ2) is 8.23. The highest BCUT2D eigenvalue weighted by Crippen LogP contribution is 2.32. The number of rotatable bonds is 6. The van der Waals surface area contributed by atoms with Gasteiger partial charge in [0.15, 0.2) is 12.2 Å². The molecule has 2 saturated heterocycles. The lowest BCUT2D eigenvalue weighted by Crippen LogP contribution is -2.37. The predicted octanol–water partition coefficient (Wildman–Crippen LogP) is 2.37. The van der Waals surface area contributed by atoms with Gasteiger partial charge in [0.1, 0.15) is 24.5 Å². The minimum Gasteiger partial charge on any atom is -0.471 e. The molecular weight excluding hydrogens is 428 g/mol. The molecule has 0 aliphatic carbocycles. The first-order valence-electron chi connectivity index (χ1n) is 10.1. The van der Waals surface area contributed by atoms with Crippen molar-refractivity contribution in [2.45, 2.75) is 18.6 Å². The van der Waals surface area contributed by atoms with E-state index in [-0.39, 0.29) is 48.8 Å². The summed E-state index contributed by atoms with van der Waals surface area (Å²) >= 11 is 0. The van der Waals surface area contributed by atoms with Crippen LogP contribution in [0.15, 0.2) is 35.1 Å². The summed E-state index contributed by atoms with van der Waals surface area (Å²) in [7, 11) is 0. The molecule has 0 spiro atoms. The van der Waals surface area contributed by atoms with Crippen LogP contribution in [0.4, 0.5) is 19.3 Å². The van der Waals surface area contributed by atoms with Gasteiger partial charge in [-0.15, -0.1) is 0 Å². The summed E-state index contributed by atoms with van der Waals surface area (Å²) in [4.78, 5) is 27.0. The number of carbonyl (C=O) groups excluding carboxylic acids is 2. The molecule has 1 aromatic heterocycles. The van der Waals surface area contributed by atoms with E-state index in [4.69, 9.17) is 14.2 Å². The number of benzene rings is 1. The molecule has 11 heteroatoms. The third-order valence-corrected chi connectivity index (χ3v) is 5.49. The van der Waals surface area contributed by atoms with Crippen molar-refractivity contribution >= 4 is 23.3 Å². The number of halogens is 2. The number of hydrogen-bond donors (Lipinski definition) is 0. The monoisotopic (exact) mass is 447 g/mol. The van der Waals surface area contributed by atoms with Crippen molar-refractivity contribution in [2.24, 2.45) is 0 Å². The van der Waals surface area contributed by atoms with Crippen LogP contribution in [0.3, 0.4) is 0 Å². The summed E-state index contributed by atoms with van der Waals surface area (Å²) in [5, 5.41) is 3.59. The van der Waals surface area contributed by atoms with Gasteiger partial charge in [0.25, 0.3) is 11.8 Å². The molecule has 1 aromatic carbocycles. The Kier molecular flexibility index (Phi) is 5.25. The summed E-state index contributed by atoms with van der Waals surface area (Å²) in [5.74, 6) is -1.43. The summed E-state index contributed by atoms with van der Waals surface area (Å²) in [5.41, 5.74) is 0.383. The maximum atomic E-state index is 14.9. The molecular formula is C21H19F2N3O6. The van der Waals surface area contributed by atoms with Crippen molar-refractivity contribution < 1.29 is 37.1 Å². The van der Waals surface area contributed by atoms with E-state index < -0.39 is 23.8 Å². The molecule has 0 radical (unpaired) electrons. The van der Waals surface area contributed by atoms with Crippen molar-refractivity contribution in [1.82, 2.24) is 10.1 Å². The van der Waals surface area contributed by atoms with Gasteiger partial charge in [-0.2, -0.15) is 0 Å². The zero-order valence-electron chi connectivity index (χ0n) is 16.8. The van der Waals surface area contributed by atoms with Crippen molar-refractivity contribution in [3.05, 3.63) is 47.7 Å². The van der Waals surface area contributed by atoms with E-state index in [2.05, 4.69) is 9.68 Å². The average Bonchev–Trinajstić information content (AvgIpc) is 3.36. The fourth-order valence-electron chi connectivity index (χ4n) is 3.79. The Hall–Kier alpha value is -3.47. The summed E-state index contributed by atoms with van der Waals surface area (Å²) in [6.45, 7) is 1.13. The summed E-state index contributed by atoms with van der Waals surface area (Å²) in [6.07, 6.45) is 1.56. The molecule has 0 unspecified atom stereocenters. The molecule has 0 saturated carbocycles. The van der Waals surface area contributed by atoms with Crippen molar-refractivity contribution in [2.75, 3.05) is 37.7 Å². The number of hydrogen-bond acceptors (Lipinski definition) is 7. The van der Waals surface area contributed by atoms with E-state index in [1.807, 2.05) is 0 Å². The van der Waals surface area contributed by atoms with Crippen molar-refractivity contribution in [3.63, 3.8) is 0 Å². The number of cyclic esters (lactones) is 1. The van der Waals surface area contributed by atoms with Gasteiger partial charge < -0.3 is 23.6 Å². The van der Waals surface area contributed by atoms with Gasteiger partial charge in [0.05, 0.1) is 18.8 Å². The smallest absolute Gasteiger partial charge is 0.414 e. The Morgan fingerprint density at radius 1 is 1.28 bits per heavy atom. The second-order valence-corrected chi connectivity index (χ2v) is 7.64. The van der Waals surface area contributed by atoms with Gasteiger partial charge in [-0.3, -0.25) is 9.69 Å². The lowest BCUT2D eigenvalue weighted by Gasteiger charge is -2.26. The van der Waals surface area contributed by atoms with Gasteiger partial charge in [0.2, 0.25) is 0 Å². The van der Waals surface area contributed by atoms with Crippen LogP contribution in [0.5, 0.6) is 5.88 Å². The van der Waals surface area contributed by atoms with Crippen molar-refractivity contribution in [1.29, 1.82) is 0 Å². The first-order chi connectivity index (χ1) is 15.5. The molecule has 2 fully saturated rings. The highest BCUT2D eigenvalue weighted by atomic mass is 19.1. The Balaban J connectivity index is 1.27. The Morgan fingerprint density at radius 2 is 2.06 bits per heavy atom.